The molecule has 0 unspecified atom stereocenters. The van der Waals surface area contributed by atoms with Gasteiger partial charge in [0, 0.05) is 19.3 Å². The van der Waals surface area contributed by atoms with Crippen molar-refractivity contribution < 1.29 is 14.3 Å². The molecule has 24 heavy (non-hydrogen) atoms. The summed E-state index contributed by atoms with van der Waals surface area (Å²) in [5, 5.41) is 0.459. The molecular weight excluding hydrogens is 351 g/mol. The second-order valence-corrected chi connectivity index (χ2v) is 6.21. The number of benzene rings is 1. The van der Waals surface area contributed by atoms with Gasteiger partial charge in [-0.1, -0.05) is 23.2 Å². The van der Waals surface area contributed by atoms with E-state index in [1.807, 2.05) is 12.1 Å². The summed E-state index contributed by atoms with van der Waals surface area (Å²) in [6.07, 6.45) is 2.19. The van der Waals surface area contributed by atoms with Gasteiger partial charge in [-0.2, -0.15) is 0 Å². The molecule has 5 nitrogen and oxygen atoms in total. The smallest absolute Gasteiger partial charge is 0.255 e. The normalized spacial score (nSPS) is 13.4. The fourth-order valence-electron chi connectivity index (χ4n) is 2.78. The van der Waals surface area contributed by atoms with Crippen molar-refractivity contribution in [1.29, 1.82) is 0 Å². The van der Waals surface area contributed by atoms with Crippen molar-refractivity contribution in [1.82, 2.24) is 9.88 Å². The van der Waals surface area contributed by atoms with Crippen LogP contribution >= 0.6 is 23.2 Å². The molecule has 126 valence electrons. The van der Waals surface area contributed by atoms with Crippen LogP contribution in [0.4, 0.5) is 0 Å². The molecule has 3 rings (SSSR count). The average molecular weight is 367 g/mol. The summed E-state index contributed by atoms with van der Waals surface area (Å²) in [7, 11) is 3.21. The number of amides is 1. The van der Waals surface area contributed by atoms with Crippen molar-refractivity contribution in [2.45, 2.75) is 13.0 Å². The van der Waals surface area contributed by atoms with E-state index < -0.39 is 0 Å². The standard InChI is InChI=1S/C17H16Cl2N2O3/c1-23-14-6-10-3-4-21(9-12(10)7-15(14)24-2)17(22)11-5-13(18)16(19)20-8-11/h5-8H,3-4,9H2,1-2H3. The molecule has 1 aliphatic rings. The quantitative estimate of drug-likeness (QED) is 0.778. The van der Waals surface area contributed by atoms with Crippen molar-refractivity contribution >= 4 is 29.1 Å². The molecule has 1 amide bonds. The number of carbonyl (C=O) groups is 1. The van der Waals surface area contributed by atoms with Gasteiger partial charge in [0.15, 0.2) is 11.5 Å². The molecule has 0 radical (unpaired) electrons. The van der Waals surface area contributed by atoms with E-state index in [0.29, 0.717) is 30.2 Å². The lowest BCUT2D eigenvalue weighted by molar-refractivity contribution is 0.0734. The van der Waals surface area contributed by atoms with E-state index in [2.05, 4.69) is 4.98 Å². The second kappa shape index (κ2) is 6.87. The Morgan fingerprint density at radius 2 is 1.79 bits per heavy atom. The van der Waals surface area contributed by atoms with Crippen molar-refractivity contribution in [2.24, 2.45) is 0 Å². The van der Waals surface area contributed by atoms with Crippen LogP contribution in [0.2, 0.25) is 10.2 Å². The lowest BCUT2D eigenvalue weighted by atomic mass is 9.98. The minimum atomic E-state index is -0.124. The minimum absolute atomic E-state index is 0.124. The van der Waals surface area contributed by atoms with Crippen molar-refractivity contribution in [2.75, 3.05) is 20.8 Å². The maximum atomic E-state index is 12.7. The Kier molecular flexibility index (Phi) is 4.83. The summed E-state index contributed by atoms with van der Waals surface area (Å²) < 4.78 is 10.7. The molecule has 7 heteroatoms. The monoisotopic (exact) mass is 366 g/mol. The van der Waals surface area contributed by atoms with Crippen LogP contribution in [0.15, 0.2) is 24.4 Å². The Morgan fingerprint density at radius 1 is 1.12 bits per heavy atom. The number of pyridine rings is 1. The van der Waals surface area contributed by atoms with Gasteiger partial charge in [-0.3, -0.25) is 4.79 Å². The third-order valence-corrected chi connectivity index (χ3v) is 4.73. The first kappa shape index (κ1) is 16.9. The number of halogens is 2. The van der Waals surface area contributed by atoms with Crippen molar-refractivity contribution in [3.8, 4) is 11.5 Å². The maximum Gasteiger partial charge on any atom is 0.255 e. The van der Waals surface area contributed by atoms with Crippen LogP contribution in [-0.4, -0.2) is 36.6 Å². The fraction of sp³-hybridized carbons (Fsp3) is 0.294. The van der Waals surface area contributed by atoms with E-state index in [0.717, 1.165) is 17.5 Å². The number of ether oxygens (including phenoxy) is 2. The third-order valence-electron chi connectivity index (χ3n) is 4.05. The first-order chi connectivity index (χ1) is 11.5. The Morgan fingerprint density at radius 3 is 2.42 bits per heavy atom. The molecule has 0 N–H and O–H groups in total. The van der Waals surface area contributed by atoms with Gasteiger partial charge in [0.25, 0.3) is 5.91 Å². The van der Waals surface area contributed by atoms with E-state index in [-0.39, 0.29) is 16.1 Å². The number of methoxy groups -OCH3 is 2. The minimum Gasteiger partial charge on any atom is -0.493 e. The van der Waals surface area contributed by atoms with Crippen LogP contribution in [0.5, 0.6) is 11.5 Å². The first-order valence-corrected chi connectivity index (χ1v) is 8.13. The number of aromatic nitrogens is 1. The molecular formula is C17H16Cl2N2O3. The zero-order valence-corrected chi connectivity index (χ0v) is 14.8. The predicted octanol–water partition coefficient (Wildman–Crippen LogP) is 3.60. The zero-order valence-electron chi connectivity index (χ0n) is 13.3. The molecule has 0 spiro atoms. The summed E-state index contributed by atoms with van der Waals surface area (Å²) in [5.74, 6) is 1.23. The molecule has 1 aliphatic heterocycles. The molecule has 0 atom stereocenters. The largest absolute Gasteiger partial charge is 0.493 e. The van der Waals surface area contributed by atoms with Gasteiger partial charge in [0.05, 0.1) is 24.8 Å². The van der Waals surface area contributed by atoms with Crippen LogP contribution in [0.3, 0.4) is 0 Å². The number of hydrogen-bond donors (Lipinski definition) is 0. The summed E-state index contributed by atoms with van der Waals surface area (Å²) in [5.41, 5.74) is 2.62. The number of carbonyl (C=O) groups excluding carboxylic acids is 1. The van der Waals surface area contributed by atoms with Gasteiger partial charge >= 0.3 is 0 Å². The van der Waals surface area contributed by atoms with Gasteiger partial charge in [0.1, 0.15) is 5.15 Å². The van der Waals surface area contributed by atoms with Gasteiger partial charge in [-0.05, 0) is 35.7 Å². The van der Waals surface area contributed by atoms with Gasteiger partial charge in [-0.25, -0.2) is 4.98 Å². The maximum absolute atomic E-state index is 12.7. The Bertz CT molecular complexity index is 796. The van der Waals surface area contributed by atoms with Crippen LogP contribution in [0, 0.1) is 0 Å². The van der Waals surface area contributed by atoms with Crippen molar-refractivity contribution in [3.63, 3.8) is 0 Å². The molecule has 0 bridgehead atoms. The van der Waals surface area contributed by atoms with E-state index in [4.69, 9.17) is 32.7 Å². The molecule has 1 aromatic heterocycles. The number of fused-ring (bicyclic) bond motifs is 1. The predicted molar refractivity (Wildman–Crippen MR) is 92.2 cm³/mol. The summed E-state index contributed by atoms with van der Waals surface area (Å²) in [4.78, 5) is 18.4. The molecule has 0 saturated carbocycles. The van der Waals surface area contributed by atoms with Crippen LogP contribution in [0.25, 0.3) is 0 Å². The highest BCUT2D eigenvalue weighted by molar-refractivity contribution is 6.41. The highest BCUT2D eigenvalue weighted by Gasteiger charge is 2.24. The molecule has 0 saturated heterocycles. The van der Waals surface area contributed by atoms with Gasteiger partial charge in [-0.15, -0.1) is 0 Å². The van der Waals surface area contributed by atoms with E-state index in [9.17, 15) is 4.79 Å². The molecule has 1 aromatic carbocycles. The molecule has 2 aromatic rings. The average Bonchev–Trinajstić information content (AvgIpc) is 2.61. The number of hydrogen-bond acceptors (Lipinski definition) is 4. The van der Waals surface area contributed by atoms with E-state index in [1.54, 1.807) is 25.2 Å². The molecule has 0 aliphatic carbocycles. The topological polar surface area (TPSA) is 51.7 Å². The number of nitrogens with zero attached hydrogens (tertiary/aromatic N) is 2. The summed E-state index contributed by atoms with van der Waals surface area (Å²) in [6.45, 7) is 1.11. The highest BCUT2D eigenvalue weighted by Crippen LogP contribution is 2.33. The summed E-state index contributed by atoms with van der Waals surface area (Å²) in [6, 6.07) is 5.43. The molecule has 2 heterocycles. The lowest BCUT2D eigenvalue weighted by Crippen LogP contribution is -2.36. The Hall–Kier alpha value is -1.98. The Labute approximate surface area is 150 Å². The zero-order chi connectivity index (χ0) is 17.3. The van der Waals surface area contributed by atoms with Crippen LogP contribution < -0.4 is 9.47 Å². The van der Waals surface area contributed by atoms with E-state index in [1.165, 1.54) is 6.20 Å². The van der Waals surface area contributed by atoms with Crippen LogP contribution in [0.1, 0.15) is 21.5 Å². The van der Waals surface area contributed by atoms with Gasteiger partial charge < -0.3 is 14.4 Å². The lowest BCUT2D eigenvalue weighted by Gasteiger charge is -2.29. The Balaban J connectivity index is 1.86. The van der Waals surface area contributed by atoms with Crippen LogP contribution in [-0.2, 0) is 13.0 Å². The molecule has 0 fully saturated rings. The van der Waals surface area contributed by atoms with Crippen molar-refractivity contribution in [3.05, 3.63) is 51.3 Å². The highest BCUT2D eigenvalue weighted by atomic mass is 35.5. The number of rotatable bonds is 3. The summed E-state index contributed by atoms with van der Waals surface area (Å²) >= 11 is 11.8. The SMILES string of the molecule is COc1cc2c(cc1OC)CN(C(=O)c1cnc(Cl)c(Cl)c1)CC2. The second-order valence-electron chi connectivity index (χ2n) is 5.45. The fourth-order valence-corrected chi connectivity index (χ4v) is 3.05. The van der Waals surface area contributed by atoms with E-state index >= 15 is 0 Å². The third kappa shape index (κ3) is 3.14. The van der Waals surface area contributed by atoms with Gasteiger partial charge in [0.2, 0.25) is 0 Å². The first-order valence-electron chi connectivity index (χ1n) is 7.37.